The predicted molar refractivity (Wildman–Crippen MR) is 82.8 cm³/mol. The summed E-state index contributed by atoms with van der Waals surface area (Å²) in [6.07, 6.45) is 1.65. The van der Waals surface area contributed by atoms with Gasteiger partial charge in [-0.25, -0.2) is 0 Å². The molecule has 0 atom stereocenters. The summed E-state index contributed by atoms with van der Waals surface area (Å²) < 4.78 is 5.33. The summed E-state index contributed by atoms with van der Waals surface area (Å²) in [5.74, 6) is 6.82. The van der Waals surface area contributed by atoms with Crippen molar-refractivity contribution in [3.8, 4) is 17.6 Å². The number of methoxy groups -OCH3 is 1. The molecular weight excluding hydrogens is 250 g/mol. The first-order valence-electron chi connectivity index (χ1n) is 7.24. The fourth-order valence-corrected chi connectivity index (χ4v) is 2.09. The quantitative estimate of drug-likeness (QED) is 0.777. The number of benzene rings is 1. The molecule has 0 saturated heterocycles. The van der Waals surface area contributed by atoms with Crippen molar-refractivity contribution < 1.29 is 9.84 Å². The lowest BCUT2D eigenvalue weighted by Gasteiger charge is -2.20. The first-order valence-corrected chi connectivity index (χ1v) is 7.24. The zero-order valence-electron chi connectivity index (χ0n) is 12.8. The Morgan fingerprint density at radius 2 is 2.10 bits per heavy atom. The highest BCUT2D eigenvalue weighted by Gasteiger charge is 2.06. The number of aliphatic hydroxyl groups is 1. The number of nitrogens with zero attached hydrogens (tertiary/aromatic N) is 1. The van der Waals surface area contributed by atoms with E-state index in [9.17, 15) is 0 Å². The summed E-state index contributed by atoms with van der Waals surface area (Å²) in [7, 11) is 1.65. The van der Waals surface area contributed by atoms with Crippen LogP contribution >= 0.6 is 0 Å². The zero-order chi connectivity index (χ0) is 14.8. The molecule has 0 spiro atoms. The normalized spacial score (nSPS) is 10.2. The standard InChI is InChI=1S/C17H25NO2/c1-4-11-18(5-2)14-15-9-10-17(20-3)16(13-15)8-6-7-12-19/h9-10,13,19H,4-5,7,11-12,14H2,1-3H3. The molecule has 110 valence electrons. The fourth-order valence-electron chi connectivity index (χ4n) is 2.09. The van der Waals surface area contributed by atoms with E-state index >= 15 is 0 Å². The number of ether oxygens (including phenoxy) is 1. The second kappa shape index (κ2) is 9.41. The van der Waals surface area contributed by atoms with Gasteiger partial charge < -0.3 is 9.84 Å². The Labute approximate surface area is 122 Å². The van der Waals surface area contributed by atoms with Crippen LogP contribution in [0.3, 0.4) is 0 Å². The van der Waals surface area contributed by atoms with Gasteiger partial charge in [-0.15, -0.1) is 0 Å². The van der Waals surface area contributed by atoms with E-state index in [2.05, 4.69) is 42.7 Å². The van der Waals surface area contributed by atoms with Crippen molar-refractivity contribution in [3.63, 3.8) is 0 Å². The lowest BCUT2D eigenvalue weighted by Crippen LogP contribution is -2.23. The van der Waals surface area contributed by atoms with Gasteiger partial charge in [0, 0.05) is 13.0 Å². The summed E-state index contributed by atoms with van der Waals surface area (Å²) in [5, 5.41) is 8.79. The van der Waals surface area contributed by atoms with Crippen LogP contribution in [0.5, 0.6) is 5.75 Å². The Hall–Kier alpha value is -1.50. The van der Waals surface area contributed by atoms with Gasteiger partial charge in [0.05, 0.1) is 19.3 Å². The molecule has 0 radical (unpaired) electrons. The molecule has 20 heavy (non-hydrogen) atoms. The van der Waals surface area contributed by atoms with Crippen molar-refractivity contribution in [1.82, 2.24) is 4.90 Å². The number of aliphatic hydroxyl groups excluding tert-OH is 1. The molecule has 0 aliphatic heterocycles. The van der Waals surface area contributed by atoms with E-state index in [-0.39, 0.29) is 6.61 Å². The zero-order valence-corrected chi connectivity index (χ0v) is 12.8. The van der Waals surface area contributed by atoms with Gasteiger partial charge in [-0.3, -0.25) is 4.90 Å². The monoisotopic (exact) mass is 275 g/mol. The van der Waals surface area contributed by atoms with Crippen molar-refractivity contribution in [2.45, 2.75) is 33.2 Å². The van der Waals surface area contributed by atoms with Gasteiger partial charge in [0.15, 0.2) is 0 Å². The topological polar surface area (TPSA) is 32.7 Å². The fraction of sp³-hybridized carbons (Fsp3) is 0.529. The van der Waals surface area contributed by atoms with Crippen LogP contribution in [-0.2, 0) is 6.54 Å². The minimum absolute atomic E-state index is 0.0924. The molecule has 1 N–H and O–H groups in total. The van der Waals surface area contributed by atoms with Crippen molar-refractivity contribution in [2.75, 3.05) is 26.8 Å². The highest BCUT2D eigenvalue weighted by molar-refractivity contribution is 5.48. The van der Waals surface area contributed by atoms with Gasteiger partial charge in [0.25, 0.3) is 0 Å². The van der Waals surface area contributed by atoms with E-state index in [1.807, 2.05) is 6.07 Å². The van der Waals surface area contributed by atoms with Crippen LogP contribution in [0.15, 0.2) is 18.2 Å². The summed E-state index contributed by atoms with van der Waals surface area (Å²) >= 11 is 0. The lowest BCUT2D eigenvalue weighted by molar-refractivity contribution is 0.280. The van der Waals surface area contributed by atoms with Crippen LogP contribution in [-0.4, -0.2) is 36.8 Å². The molecule has 0 fully saturated rings. The van der Waals surface area contributed by atoms with E-state index < -0.39 is 0 Å². The molecule has 0 aromatic heterocycles. The van der Waals surface area contributed by atoms with E-state index in [4.69, 9.17) is 9.84 Å². The average Bonchev–Trinajstić information content (AvgIpc) is 2.47. The first-order chi connectivity index (χ1) is 9.74. The molecule has 0 saturated carbocycles. The van der Waals surface area contributed by atoms with E-state index in [0.717, 1.165) is 37.4 Å². The summed E-state index contributed by atoms with van der Waals surface area (Å²) in [5.41, 5.74) is 2.14. The average molecular weight is 275 g/mol. The predicted octanol–water partition coefficient (Wildman–Crippen LogP) is 2.66. The van der Waals surface area contributed by atoms with Gasteiger partial charge in [-0.1, -0.05) is 31.8 Å². The molecule has 0 unspecified atom stereocenters. The van der Waals surface area contributed by atoms with Gasteiger partial charge in [-0.05, 0) is 37.2 Å². The van der Waals surface area contributed by atoms with Crippen LogP contribution in [0.25, 0.3) is 0 Å². The lowest BCUT2D eigenvalue weighted by atomic mass is 10.1. The maximum atomic E-state index is 8.79. The van der Waals surface area contributed by atoms with E-state index in [0.29, 0.717) is 6.42 Å². The van der Waals surface area contributed by atoms with Crippen molar-refractivity contribution in [3.05, 3.63) is 29.3 Å². The van der Waals surface area contributed by atoms with Crippen LogP contribution in [0, 0.1) is 11.8 Å². The summed E-state index contributed by atoms with van der Waals surface area (Å²) in [6.45, 7) is 7.56. The molecule has 3 heteroatoms. The molecule has 1 aromatic carbocycles. The Kier molecular flexibility index (Phi) is 7.79. The molecule has 1 rings (SSSR count). The Bertz CT molecular complexity index is 460. The van der Waals surface area contributed by atoms with Gasteiger partial charge in [-0.2, -0.15) is 0 Å². The van der Waals surface area contributed by atoms with Crippen LogP contribution in [0.1, 0.15) is 37.8 Å². The smallest absolute Gasteiger partial charge is 0.134 e. The Morgan fingerprint density at radius 1 is 1.30 bits per heavy atom. The molecule has 1 aromatic rings. The Balaban J connectivity index is 2.89. The summed E-state index contributed by atoms with van der Waals surface area (Å²) in [6, 6.07) is 6.15. The third-order valence-electron chi connectivity index (χ3n) is 3.12. The van der Waals surface area contributed by atoms with Crippen molar-refractivity contribution in [1.29, 1.82) is 0 Å². The Morgan fingerprint density at radius 3 is 2.70 bits per heavy atom. The molecule has 0 aliphatic carbocycles. The first kappa shape index (κ1) is 16.6. The van der Waals surface area contributed by atoms with Gasteiger partial charge >= 0.3 is 0 Å². The van der Waals surface area contributed by atoms with Crippen LogP contribution in [0.4, 0.5) is 0 Å². The van der Waals surface area contributed by atoms with Crippen molar-refractivity contribution in [2.24, 2.45) is 0 Å². The molecule has 0 bridgehead atoms. The highest BCUT2D eigenvalue weighted by Crippen LogP contribution is 2.20. The molecule has 0 amide bonds. The van der Waals surface area contributed by atoms with Crippen LogP contribution < -0.4 is 4.74 Å². The molecule has 0 aliphatic rings. The second-order valence-corrected chi connectivity index (χ2v) is 4.68. The summed E-state index contributed by atoms with van der Waals surface area (Å²) in [4.78, 5) is 2.41. The van der Waals surface area contributed by atoms with Crippen LogP contribution in [0.2, 0.25) is 0 Å². The SMILES string of the molecule is CCCN(CC)Cc1ccc(OC)c(C#CCCO)c1. The largest absolute Gasteiger partial charge is 0.495 e. The van der Waals surface area contributed by atoms with E-state index in [1.54, 1.807) is 7.11 Å². The number of rotatable bonds is 7. The maximum Gasteiger partial charge on any atom is 0.134 e. The molecular formula is C17H25NO2. The minimum atomic E-state index is 0.0924. The van der Waals surface area contributed by atoms with E-state index in [1.165, 1.54) is 5.56 Å². The minimum Gasteiger partial charge on any atom is -0.495 e. The van der Waals surface area contributed by atoms with Gasteiger partial charge in [0.1, 0.15) is 5.75 Å². The number of hydrogen-bond donors (Lipinski definition) is 1. The maximum absolute atomic E-state index is 8.79. The third-order valence-corrected chi connectivity index (χ3v) is 3.12. The van der Waals surface area contributed by atoms with Crippen molar-refractivity contribution >= 4 is 0 Å². The highest BCUT2D eigenvalue weighted by atomic mass is 16.5. The molecule has 3 nitrogen and oxygen atoms in total. The number of hydrogen-bond acceptors (Lipinski definition) is 3. The third kappa shape index (κ3) is 5.24. The molecule has 0 heterocycles. The second-order valence-electron chi connectivity index (χ2n) is 4.68. The van der Waals surface area contributed by atoms with Gasteiger partial charge in [0.2, 0.25) is 0 Å².